The van der Waals surface area contributed by atoms with Gasteiger partial charge in [-0.15, -0.1) is 0 Å². The second kappa shape index (κ2) is 10.8. The number of fused-ring (bicyclic) bond motifs is 1. The number of benzene rings is 2. The average Bonchev–Trinajstić information content (AvgIpc) is 3.72. The zero-order valence-corrected chi connectivity index (χ0v) is 21.7. The molecule has 2 fully saturated rings. The van der Waals surface area contributed by atoms with Crippen molar-refractivity contribution in [1.29, 1.82) is 0 Å². The molecule has 0 bridgehead atoms. The fraction of sp³-hybridized carbons (Fsp3) is 0.323. The van der Waals surface area contributed by atoms with E-state index in [0.717, 1.165) is 53.3 Å². The van der Waals surface area contributed by atoms with Crippen molar-refractivity contribution in [3.05, 3.63) is 78.3 Å². The van der Waals surface area contributed by atoms with E-state index in [9.17, 15) is 9.59 Å². The molecule has 1 amide bonds. The third-order valence-electron chi connectivity index (χ3n) is 7.69. The third-order valence-corrected chi connectivity index (χ3v) is 7.69. The van der Waals surface area contributed by atoms with Gasteiger partial charge in [0.2, 0.25) is 0 Å². The van der Waals surface area contributed by atoms with Gasteiger partial charge in [0.15, 0.2) is 0 Å². The molecule has 6 rings (SSSR count). The van der Waals surface area contributed by atoms with Gasteiger partial charge in [0.25, 0.3) is 5.91 Å². The summed E-state index contributed by atoms with van der Waals surface area (Å²) < 4.78 is 13.8. The van der Waals surface area contributed by atoms with E-state index in [1.54, 1.807) is 12.5 Å². The van der Waals surface area contributed by atoms with Gasteiger partial charge in [-0.25, -0.2) is 9.78 Å². The summed E-state index contributed by atoms with van der Waals surface area (Å²) in [5.74, 6) is 0.591. The number of aromatic nitrogens is 2. The Balaban J connectivity index is 1.17. The predicted molar refractivity (Wildman–Crippen MR) is 148 cm³/mol. The number of nitrogens with zero attached hydrogens (tertiary/aromatic N) is 3. The molecule has 39 heavy (non-hydrogen) atoms. The smallest absolute Gasteiger partial charge is 0.328 e. The number of carbonyl (C=O) groups excluding carboxylic acids is 1. The molecule has 2 aromatic carbocycles. The molecule has 1 saturated heterocycles. The Labute approximate surface area is 226 Å². The molecular weight excluding hydrogens is 494 g/mol. The number of hydrogen-bond acceptors (Lipinski definition) is 5. The molecule has 1 N–H and O–H groups in total. The Kier molecular flexibility index (Phi) is 6.92. The highest BCUT2D eigenvalue weighted by Crippen LogP contribution is 2.36. The van der Waals surface area contributed by atoms with E-state index in [0.29, 0.717) is 30.4 Å². The van der Waals surface area contributed by atoms with E-state index in [1.807, 2.05) is 53.4 Å². The van der Waals surface area contributed by atoms with Crippen molar-refractivity contribution in [1.82, 2.24) is 14.5 Å². The first kappa shape index (κ1) is 25.0. The maximum absolute atomic E-state index is 13.4. The Bertz CT molecular complexity index is 1500. The van der Waals surface area contributed by atoms with Crippen molar-refractivity contribution in [2.45, 2.75) is 50.7 Å². The molecule has 1 atom stereocenters. The lowest BCUT2D eigenvalue weighted by molar-refractivity contribution is -0.131. The summed E-state index contributed by atoms with van der Waals surface area (Å²) in [5, 5.41) is 8.78. The highest BCUT2D eigenvalue weighted by molar-refractivity contribution is 5.98. The number of imidazole rings is 1. The number of furan rings is 1. The molecule has 1 aliphatic heterocycles. The Morgan fingerprint density at radius 2 is 1.85 bits per heavy atom. The van der Waals surface area contributed by atoms with E-state index in [-0.39, 0.29) is 12.0 Å². The number of carbonyl (C=O) groups is 2. The summed E-state index contributed by atoms with van der Waals surface area (Å²) in [4.78, 5) is 31.0. The van der Waals surface area contributed by atoms with Gasteiger partial charge in [-0.3, -0.25) is 4.79 Å². The van der Waals surface area contributed by atoms with E-state index >= 15 is 0 Å². The van der Waals surface area contributed by atoms with Crippen molar-refractivity contribution < 1.29 is 23.8 Å². The van der Waals surface area contributed by atoms with E-state index in [2.05, 4.69) is 4.57 Å². The maximum Gasteiger partial charge on any atom is 0.328 e. The molecule has 8 heteroatoms. The van der Waals surface area contributed by atoms with Crippen molar-refractivity contribution in [3.8, 4) is 17.1 Å². The van der Waals surface area contributed by atoms with E-state index in [4.69, 9.17) is 19.2 Å². The quantitative estimate of drug-likeness (QED) is 0.289. The SMILES string of the molecule is O=C(O)/C=C/c1ccc(O[C@@H]2CCN(C(=O)c3ccc4c(c3)nc(-c3ccoc3)n4C3CCCCC3)C2)cc1. The van der Waals surface area contributed by atoms with Crippen LogP contribution in [-0.2, 0) is 4.79 Å². The van der Waals surface area contributed by atoms with Crippen molar-refractivity contribution >= 4 is 29.0 Å². The highest BCUT2D eigenvalue weighted by Gasteiger charge is 2.29. The normalized spacial score (nSPS) is 18.3. The number of amides is 1. The van der Waals surface area contributed by atoms with Gasteiger partial charge < -0.3 is 23.7 Å². The van der Waals surface area contributed by atoms with Crippen LogP contribution in [0.5, 0.6) is 5.75 Å². The number of rotatable bonds is 7. The lowest BCUT2D eigenvalue weighted by Crippen LogP contribution is -2.30. The van der Waals surface area contributed by atoms with Crippen LogP contribution in [0.3, 0.4) is 0 Å². The van der Waals surface area contributed by atoms with Crippen LogP contribution in [-0.4, -0.2) is 50.6 Å². The number of aliphatic carboxylic acids is 1. The van der Waals surface area contributed by atoms with Crippen molar-refractivity contribution in [2.24, 2.45) is 0 Å². The highest BCUT2D eigenvalue weighted by atomic mass is 16.5. The number of hydrogen-bond donors (Lipinski definition) is 1. The minimum atomic E-state index is -0.985. The fourth-order valence-electron chi connectivity index (χ4n) is 5.74. The zero-order valence-electron chi connectivity index (χ0n) is 21.7. The Morgan fingerprint density at radius 1 is 1.03 bits per heavy atom. The standard InChI is InChI=1S/C31H31N3O5/c35-29(36)13-8-21-6-10-25(11-7-21)39-26-14-16-33(19-26)31(37)22-9-12-28-27(18-22)32-30(23-15-17-38-20-23)34(28)24-4-2-1-3-5-24/h6-13,15,17-18,20,24,26H,1-5,14,16,19H2,(H,35,36)/b13-8+/t26-/m1/s1. The maximum atomic E-state index is 13.4. The van der Waals surface area contributed by atoms with E-state index in [1.165, 1.54) is 25.3 Å². The minimum Gasteiger partial charge on any atom is -0.489 e. The van der Waals surface area contributed by atoms with Crippen LogP contribution in [0.1, 0.15) is 60.5 Å². The molecule has 4 aromatic rings. The largest absolute Gasteiger partial charge is 0.489 e. The molecule has 3 heterocycles. The predicted octanol–water partition coefficient (Wildman–Crippen LogP) is 6.19. The summed E-state index contributed by atoms with van der Waals surface area (Å²) in [6.45, 7) is 1.13. The Morgan fingerprint density at radius 3 is 2.59 bits per heavy atom. The van der Waals surface area contributed by atoms with Gasteiger partial charge >= 0.3 is 5.97 Å². The van der Waals surface area contributed by atoms with E-state index < -0.39 is 5.97 Å². The van der Waals surface area contributed by atoms with Crippen LogP contribution in [0.25, 0.3) is 28.5 Å². The van der Waals surface area contributed by atoms with Gasteiger partial charge in [-0.1, -0.05) is 31.4 Å². The molecule has 0 unspecified atom stereocenters. The second-order valence-corrected chi connectivity index (χ2v) is 10.3. The number of carboxylic acid groups (broad SMARTS) is 1. The summed E-state index contributed by atoms with van der Waals surface area (Å²) in [5.41, 5.74) is 4.25. The summed E-state index contributed by atoms with van der Waals surface area (Å²) in [7, 11) is 0. The summed E-state index contributed by atoms with van der Waals surface area (Å²) in [6, 6.07) is 15.5. The van der Waals surface area contributed by atoms with Crippen LogP contribution in [0.4, 0.5) is 0 Å². The van der Waals surface area contributed by atoms with Crippen LogP contribution in [0, 0.1) is 0 Å². The average molecular weight is 526 g/mol. The molecule has 0 spiro atoms. The molecule has 2 aromatic heterocycles. The second-order valence-electron chi connectivity index (χ2n) is 10.3. The molecule has 2 aliphatic rings. The Hall–Kier alpha value is -4.33. The van der Waals surface area contributed by atoms with Gasteiger partial charge in [0.05, 0.1) is 29.4 Å². The van der Waals surface area contributed by atoms with Gasteiger partial charge in [0.1, 0.15) is 23.9 Å². The summed E-state index contributed by atoms with van der Waals surface area (Å²) >= 11 is 0. The van der Waals surface area contributed by atoms with Crippen molar-refractivity contribution in [3.63, 3.8) is 0 Å². The number of carboxylic acids is 1. The molecule has 1 saturated carbocycles. The van der Waals surface area contributed by atoms with Crippen molar-refractivity contribution in [2.75, 3.05) is 13.1 Å². The van der Waals surface area contributed by atoms with Gasteiger partial charge in [-0.05, 0) is 60.9 Å². The van der Waals surface area contributed by atoms with Crippen LogP contribution in [0.2, 0.25) is 0 Å². The van der Waals surface area contributed by atoms with Crippen LogP contribution in [0.15, 0.2) is 71.6 Å². The first-order valence-corrected chi connectivity index (χ1v) is 13.6. The van der Waals surface area contributed by atoms with Gasteiger partial charge in [-0.2, -0.15) is 0 Å². The third kappa shape index (κ3) is 5.32. The molecule has 200 valence electrons. The first-order valence-electron chi connectivity index (χ1n) is 13.6. The minimum absolute atomic E-state index is 0.0192. The molecule has 8 nitrogen and oxygen atoms in total. The van der Waals surface area contributed by atoms with Crippen LogP contribution < -0.4 is 4.74 Å². The number of ether oxygens (including phenoxy) is 1. The molecule has 0 radical (unpaired) electrons. The first-order chi connectivity index (χ1) is 19.0. The zero-order chi connectivity index (χ0) is 26.8. The topological polar surface area (TPSA) is 97.8 Å². The van der Waals surface area contributed by atoms with Gasteiger partial charge in [0, 0.05) is 30.6 Å². The number of likely N-dealkylation sites (tertiary alicyclic amines) is 1. The monoisotopic (exact) mass is 525 g/mol. The lowest BCUT2D eigenvalue weighted by atomic mass is 9.95. The molecular formula is C31H31N3O5. The van der Waals surface area contributed by atoms with Crippen LogP contribution >= 0.6 is 0 Å². The lowest BCUT2D eigenvalue weighted by Gasteiger charge is -2.25. The fourth-order valence-corrected chi connectivity index (χ4v) is 5.74. The molecule has 1 aliphatic carbocycles. The summed E-state index contributed by atoms with van der Waals surface area (Å²) in [6.07, 6.45) is 12.7.